The van der Waals surface area contributed by atoms with E-state index in [1.54, 1.807) is 44.2 Å². The number of para-hydroxylation sites is 1. The smallest absolute Gasteiger partial charge is 0.349 e. The molecule has 0 aliphatic rings. The summed E-state index contributed by atoms with van der Waals surface area (Å²) in [5, 5.41) is 0.462. The number of rotatable bonds is 5. The Morgan fingerprint density at radius 2 is 1.81 bits per heavy atom. The third-order valence-corrected chi connectivity index (χ3v) is 6.03. The number of pyridine rings is 1. The zero-order chi connectivity index (χ0) is 22.1. The van der Waals surface area contributed by atoms with Crippen LogP contribution >= 0.6 is 11.3 Å². The number of esters is 1. The molecule has 0 aliphatic heterocycles. The lowest BCUT2D eigenvalue weighted by Crippen LogP contribution is -2.16. The second-order valence-electron chi connectivity index (χ2n) is 6.88. The maximum absolute atomic E-state index is 13.7. The van der Waals surface area contributed by atoms with Gasteiger partial charge >= 0.3 is 5.97 Å². The highest BCUT2D eigenvalue weighted by molar-refractivity contribution is 7.21. The number of halogens is 1. The Hall–Kier alpha value is -3.58. The van der Waals surface area contributed by atoms with E-state index in [2.05, 4.69) is 0 Å². The summed E-state index contributed by atoms with van der Waals surface area (Å²) in [6, 6.07) is 15.9. The molecule has 0 radical (unpaired) electrons. The molecule has 0 amide bonds. The molecule has 0 saturated carbocycles. The molecule has 0 saturated heterocycles. The van der Waals surface area contributed by atoms with Crippen LogP contribution in [-0.2, 0) is 4.74 Å². The van der Waals surface area contributed by atoms with Crippen LogP contribution in [0, 0.1) is 12.7 Å². The molecule has 5 nitrogen and oxygen atoms in total. The van der Waals surface area contributed by atoms with Crippen molar-refractivity contribution in [1.29, 1.82) is 0 Å². The minimum absolute atomic E-state index is 0.110. The number of aryl methyl sites for hydroxylation is 1. The fourth-order valence-corrected chi connectivity index (χ4v) is 4.61. The Morgan fingerprint density at radius 1 is 1.06 bits per heavy atom. The lowest BCUT2D eigenvalue weighted by atomic mass is 9.99. The topological polar surface area (TPSA) is 65.4 Å². The summed E-state index contributed by atoms with van der Waals surface area (Å²) < 4.78 is 20.4. The van der Waals surface area contributed by atoms with Crippen LogP contribution in [0.25, 0.3) is 15.9 Å². The number of carbonyl (C=O) groups is 2. The highest BCUT2D eigenvalue weighted by Crippen LogP contribution is 2.34. The molecule has 2 heterocycles. The minimum atomic E-state index is -0.641. The van der Waals surface area contributed by atoms with Gasteiger partial charge < -0.3 is 4.74 Å². The number of hydrogen-bond donors (Lipinski definition) is 0. The van der Waals surface area contributed by atoms with Crippen molar-refractivity contribution in [3.05, 3.63) is 98.4 Å². The molecular weight excluding hydrogens is 417 g/mol. The van der Waals surface area contributed by atoms with Gasteiger partial charge in [-0.3, -0.25) is 14.2 Å². The molecule has 7 heteroatoms. The maximum atomic E-state index is 13.7. The third-order valence-electron chi connectivity index (χ3n) is 4.86. The van der Waals surface area contributed by atoms with Crippen LogP contribution in [0.1, 0.15) is 38.1 Å². The van der Waals surface area contributed by atoms with Crippen molar-refractivity contribution in [3.8, 4) is 5.69 Å². The molecule has 0 aliphatic carbocycles. The van der Waals surface area contributed by atoms with Gasteiger partial charge in [-0.15, -0.1) is 11.3 Å². The molecule has 0 unspecified atom stereocenters. The van der Waals surface area contributed by atoms with Gasteiger partial charge in [-0.05, 0) is 55.8 Å². The average Bonchev–Trinajstić information content (AvgIpc) is 3.15. The molecule has 0 fully saturated rings. The fourth-order valence-electron chi connectivity index (χ4n) is 3.40. The molecule has 2 aromatic heterocycles. The van der Waals surface area contributed by atoms with Crippen molar-refractivity contribution in [2.75, 3.05) is 6.61 Å². The van der Waals surface area contributed by atoms with Gasteiger partial charge in [0.2, 0.25) is 0 Å². The van der Waals surface area contributed by atoms with E-state index in [0.29, 0.717) is 21.5 Å². The van der Waals surface area contributed by atoms with Crippen molar-refractivity contribution in [2.45, 2.75) is 13.8 Å². The van der Waals surface area contributed by atoms with Crippen LogP contribution in [0.4, 0.5) is 4.39 Å². The van der Waals surface area contributed by atoms with Crippen LogP contribution in [0.2, 0.25) is 0 Å². The zero-order valence-corrected chi connectivity index (χ0v) is 17.7. The molecule has 31 heavy (non-hydrogen) atoms. The first kappa shape index (κ1) is 20.7. The van der Waals surface area contributed by atoms with E-state index in [0.717, 1.165) is 11.3 Å². The van der Waals surface area contributed by atoms with Crippen molar-refractivity contribution >= 4 is 33.3 Å². The predicted molar refractivity (Wildman–Crippen MR) is 118 cm³/mol. The Balaban J connectivity index is 2.02. The number of thiophene rings is 1. The van der Waals surface area contributed by atoms with Gasteiger partial charge in [-0.2, -0.15) is 0 Å². The first-order valence-electron chi connectivity index (χ1n) is 9.64. The standard InChI is InChI=1S/C24H18FNO4S/c1-3-30-24(29)22-20(21(28)15-9-11-18(25)14(2)13-15)17-10-12-19(27)26(23(17)31-22)16-7-5-4-6-8-16/h4-13H,3H2,1-2H3. The number of aromatic nitrogens is 1. The number of ketones is 1. The molecule has 4 rings (SSSR count). The van der Waals surface area contributed by atoms with E-state index < -0.39 is 17.6 Å². The van der Waals surface area contributed by atoms with Crippen molar-refractivity contribution in [3.63, 3.8) is 0 Å². The summed E-state index contributed by atoms with van der Waals surface area (Å²) in [5.74, 6) is -1.50. The molecular formula is C24H18FNO4S. The average molecular weight is 435 g/mol. The number of nitrogens with zero attached hydrogens (tertiary/aromatic N) is 1. The third kappa shape index (κ3) is 3.68. The number of hydrogen-bond acceptors (Lipinski definition) is 5. The van der Waals surface area contributed by atoms with Gasteiger partial charge in [0.05, 0.1) is 17.9 Å². The van der Waals surface area contributed by atoms with Gasteiger partial charge in [0.1, 0.15) is 15.5 Å². The maximum Gasteiger partial charge on any atom is 0.349 e. The van der Waals surface area contributed by atoms with Crippen molar-refractivity contribution < 1.29 is 18.7 Å². The van der Waals surface area contributed by atoms with E-state index in [-0.39, 0.29) is 28.2 Å². The van der Waals surface area contributed by atoms with E-state index in [1.807, 2.05) is 6.07 Å². The molecule has 0 bridgehead atoms. The second kappa shape index (κ2) is 8.28. The molecule has 0 spiro atoms. The van der Waals surface area contributed by atoms with Gasteiger partial charge in [-0.25, -0.2) is 9.18 Å². The fraction of sp³-hybridized carbons (Fsp3) is 0.125. The minimum Gasteiger partial charge on any atom is -0.462 e. The first-order chi connectivity index (χ1) is 14.9. The highest BCUT2D eigenvalue weighted by atomic mass is 32.1. The molecule has 0 atom stereocenters. The Morgan fingerprint density at radius 3 is 2.48 bits per heavy atom. The summed E-state index contributed by atoms with van der Waals surface area (Å²) in [5.41, 5.74) is 1.05. The van der Waals surface area contributed by atoms with Crippen molar-refractivity contribution in [1.82, 2.24) is 4.57 Å². The summed E-state index contributed by atoms with van der Waals surface area (Å²) in [4.78, 5) is 39.4. The van der Waals surface area contributed by atoms with Crippen LogP contribution in [0.5, 0.6) is 0 Å². The van der Waals surface area contributed by atoms with Gasteiger partial charge in [0.15, 0.2) is 5.78 Å². The largest absolute Gasteiger partial charge is 0.462 e. The summed E-state index contributed by atoms with van der Waals surface area (Å²) in [7, 11) is 0. The SMILES string of the molecule is CCOC(=O)c1sc2c(ccc(=O)n2-c2ccccc2)c1C(=O)c1ccc(F)c(C)c1. The van der Waals surface area contributed by atoms with Crippen LogP contribution in [-0.4, -0.2) is 22.9 Å². The summed E-state index contributed by atoms with van der Waals surface area (Å²) >= 11 is 1.03. The van der Waals surface area contributed by atoms with E-state index in [4.69, 9.17) is 4.74 Å². The normalized spacial score (nSPS) is 10.9. The van der Waals surface area contributed by atoms with Crippen LogP contribution in [0.3, 0.4) is 0 Å². The summed E-state index contributed by atoms with van der Waals surface area (Å²) in [6.07, 6.45) is 0. The number of carbonyl (C=O) groups excluding carboxylic acids is 2. The number of fused-ring (bicyclic) bond motifs is 1. The lowest BCUT2D eigenvalue weighted by Gasteiger charge is -2.08. The first-order valence-corrected chi connectivity index (χ1v) is 10.5. The highest BCUT2D eigenvalue weighted by Gasteiger charge is 2.27. The lowest BCUT2D eigenvalue weighted by molar-refractivity contribution is 0.0529. The molecule has 2 aromatic carbocycles. The van der Waals surface area contributed by atoms with Gasteiger partial charge in [0, 0.05) is 17.0 Å². The Labute approximate surface area is 181 Å². The number of ether oxygens (including phenoxy) is 1. The molecule has 4 aromatic rings. The number of benzene rings is 2. The monoisotopic (exact) mass is 435 g/mol. The summed E-state index contributed by atoms with van der Waals surface area (Å²) in [6.45, 7) is 3.38. The van der Waals surface area contributed by atoms with Crippen LogP contribution < -0.4 is 5.56 Å². The van der Waals surface area contributed by atoms with Gasteiger partial charge in [-0.1, -0.05) is 18.2 Å². The van der Waals surface area contributed by atoms with E-state index >= 15 is 0 Å². The Kier molecular flexibility index (Phi) is 5.52. The predicted octanol–water partition coefficient (Wildman–Crippen LogP) is 4.91. The quantitative estimate of drug-likeness (QED) is 0.330. The Bertz CT molecular complexity index is 1370. The van der Waals surface area contributed by atoms with E-state index in [1.165, 1.54) is 28.8 Å². The van der Waals surface area contributed by atoms with Crippen LogP contribution in [0.15, 0.2) is 65.5 Å². The van der Waals surface area contributed by atoms with E-state index in [9.17, 15) is 18.8 Å². The molecule has 156 valence electrons. The molecule has 0 N–H and O–H groups in total. The zero-order valence-electron chi connectivity index (χ0n) is 16.8. The second-order valence-corrected chi connectivity index (χ2v) is 7.88. The van der Waals surface area contributed by atoms with Gasteiger partial charge in [0.25, 0.3) is 5.56 Å². The van der Waals surface area contributed by atoms with Crippen molar-refractivity contribution in [2.24, 2.45) is 0 Å².